The number of hydrogen-bond donors (Lipinski definition) is 1. The van der Waals surface area contributed by atoms with Crippen LogP contribution >= 0.6 is 0 Å². The Labute approximate surface area is 260 Å². The molecule has 8 nitrogen and oxygen atoms in total. The molecule has 0 spiro atoms. The molecular weight excluding hydrogens is 550 g/mol. The van der Waals surface area contributed by atoms with Crippen molar-refractivity contribution in [2.75, 3.05) is 25.9 Å². The summed E-state index contributed by atoms with van der Waals surface area (Å²) in [6.45, 7) is 8.18. The predicted octanol–water partition coefficient (Wildman–Crippen LogP) is 6.76. The fraction of sp³-hybridized carbons (Fsp3) is 0.361. The lowest BCUT2D eigenvalue weighted by atomic mass is 9.93. The Morgan fingerprint density at radius 1 is 0.955 bits per heavy atom. The van der Waals surface area contributed by atoms with Gasteiger partial charge in [-0.05, 0) is 61.1 Å². The van der Waals surface area contributed by atoms with E-state index in [0.29, 0.717) is 48.1 Å². The number of anilines is 1. The van der Waals surface area contributed by atoms with Crippen LogP contribution in [0.4, 0.5) is 5.69 Å². The standard InChI is InChI=1S/C36H43N5O3/c1-5-7-19-39(20-8-6-2)36(43)32-23-34(44-4)41(38-32)33-18-17-27(29-15-11-12-16-31(29)37)22-30(33)35(42)40-24-28-14-10-9-13-26(28)21-25(40)3/h9-18,22-23,25H,5-8,19-21,24,37H2,1-4H3. The summed E-state index contributed by atoms with van der Waals surface area (Å²) in [5.41, 5.74) is 12.4. The molecule has 2 heterocycles. The van der Waals surface area contributed by atoms with Gasteiger partial charge in [-0.3, -0.25) is 9.59 Å². The average molecular weight is 594 g/mol. The molecule has 1 atom stereocenters. The van der Waals surface area contributed by atoms with Crippen LogP contribution in [0.2, 0.25) is 0 Å². The summed E-state index contributed by atoms with van der Waals surface area (Å²) in [4.78, 5) is 32.0. The molecule has 2 amide bonds. The van der Waals surface area contributed by atoms with E-state index in [2.05, 4.69) is 32.9 Å². The summed E-state index contributed by atoms with van der Waals surface area (Å²) in [5, 5.41) is 4.76. The largest absolute Gasteiger partial charge is 0.481 e. The van der Waals surface area contributed by atoms with Crippen LogP contribution in [-0.2, 0) is 13.0 Å². The fourth-order valence-electron chi connectivity index (χ4n) is 5.89. The number of amides is 2. The van der Waals surface area contributed by atoms with Crippen molar-refractivity contribution in [3.05, 3.63) is 95.2 Å². The van der Waals surface area contributed by atoms with E-state index in [9.17, 15) is 9.59 Å². The third-order valence-corrected chi connectivity index (χ3v) is 8.45. The monoisotopic (exact) mass is 593 g/mol. The number of para-hydroxylation sites is 1. The number of nitrogens with zero attached hydrogens (tertiary/aromatic N) is 4. The van der Waals surface area contributed by atoms with Crippen molar-refractivity contribution in [1.29, 1.82) is 0 Å². The predicted molar refractivity (Wildman–Crippen MR) is 175 cm³/mol. The third-order valence-electron chi connectivity index (χ3n) is 8.45. The van der Waals surface area contributed by atoms with Crippen molar-refractivity contribution in [2.24, 2.45) is 0 Å². The van der Waals surface area contributed by atoms with E-state index in [1.807, 2.05) is 64.4 Å². The maximum absolute atomic E-state index is 14.5. The lowest BCUT2D eigenvalue weighted by molar-refractivity contribution is 0.0657. The van der Waals surface area contributed by atoms with E-state index in [-0.39, 0.29) is 17.9 Å². The van der Waals surface area contributed by atoms with Gasteiger partial charge in [0.2, 0.25) is 5.88 Å². The van der Waals surface area contributed by atoms with Gasteiger partial charge in [0.15, 0.2) is 5.69 Å². The van der Waals surface area contributed by atoms with Gasteiger partial charge in [-0.1, -0.05) is 75.2 Å². The van der Waals surface area contributed by atoms with Crippen LogP contribution in [0.3, 0.4) is 0 Å². The van der Waals surface area contributed by atoms with Gasteiger partial charge in [0.1, 0.15) is 0 Å². The van der Waals surface area contributed by atoms with E-state index >= 15 is 0 Å². The zero-order chi connectivity index (χ0) is 31.2. The summed E-state index contributed by atoms with van der Waals surface area (Å²) in [6.07, 6.45) is 4.62. The van der Waals surface area contributed by atoms with Crippen LogP contribution < -0.4 is 10.5 Å². The highest BCUT2D eigenvalue weighted by atomic mass is 16.5. The molecule has 0 radical (unpaired) electrons. The fourth-order valence-corrected chi connectivity index (χ4v) is 5.89. The lowest BCUT2D eigenvalue weighted by Gasteiger charge is -2.35. The number of fused-ring (bicyclic) bond motifs is 1. The minimum absolute atomic E-state index is 0.00181. The van der Waals surface area contributed by atoms with E-state index in [1.165, 1.54) is 5.56 Å². The highest BCUT2D eigenvalue weighted by Crippen LogP contribution is 2.33. The van der Waals surface area contributed by atoms with Gasteiger partial charge in [-0.25, -0.2) is 0 Å². The van der Waals surface area contributed by atoms with E-state index in [0.717, 1.165) is 48.8 Å². The maximum Gasteiger partial charge on any atom is 0.274 e. The quantitative estimate of drug-likeness (QED) is 0.194. The van der Waals surface area contributed by atoms with Crippen molar-refractivity contribution < 1.29 is 14.3 Å². The molecule has 0 saturated heterocycles. The zero-order valence-electron chi connectivity index (χ0n) is 26.3. The molecule has 1 unspecified atom stereocenters. The molecule has 4 aromatic rings. The normalized spacial score (nSPS) is 14.3. The number of nitrogens with two attached hydrogens (primary N) is 1. The molecule has 5 rings (SSSR count). The number of carbonyl (C=O) groups is 2. The molecule has 0 bridgehead atoms. The Hall–Kier alpha value is -4.59. The summed E-state index contributed by atoms with van der Waals surface area (Å²) < 4.78 is 7.32. The first-order valence-corrected chi connectivity index (χ1v) is 15.7. The van der Waals surface area contributed by atoms with E-state index in [4.69, 9.17) is 15.6 Å². The maximum atomic E-state index is 14.5. The Bertz CT molecular complexity index is 1620. The van der Waals surface area contributed by atoms with Gasteiger partial charge in [0, 0.05) is 43.0 Å². The van der Waals surface area contributed by atoms with Crippen molar-refractivity contribution >= 4 is 17.5 Å². The van der Waals surface area contributed by atoms with Gasteiger partial charge < -0.3 is 20.3 Å². The number of methoxy groups -OCH3 is 1. The van der Waals surface area contributed by atoms with Gasteiger partial charge in [-0.15, -0.1) is 0 Å². The molecule has 8 heteroatoms. The van der Waals surface area contributed by atoms with Crippen LogP contribution in [-0.4, -0.2) is 57.6 Å². The van der Waals surface area contributed by atoms with Crippen LogP contribution in [0.15, 0.2) is 72.8 Å². The molecule has 44 heavy (non-hydrogen) atoms. The Kier molecular flexibility index (Phi) is 9.68. The molecule has 1 aromatic heterocycles. The number of carbonyl (C=O) groups excluding carboxylic acids is 2. The first-order chi connectivity index (χ1) is 21.4. The summed E-state index contributed by atoms with van der Waals surface area (Å²) >= 11 is 0. The number of unbranched alkanes of at least 4 members (excludes halogenated alkanes) is 2. The average Bonchev–Trinajstić information content (AvgIpc) is 3.48. The van der Waals surface area contributed by atoms with E-state index < -0.39 is 0 Å². The topological polar surface area (TPSA) is 93.7 Å². The lowest BCUT2D eigenvalue weighted by Crippen LogP contribution is -2.43. The van der Waals surface area contributed by atoms with Crippen molar-refractivity contribution in [1.82, 2.24) is 19.6 Å². The minimum Gasteiger partial charge on any atom is -0.481 e. The second kappa shape index (κ2) is 13.8. The summed E-state index contributed by atoms with van der Waals surface area (Å²) in [6, 6.07) is 23.3. The number of hydrogen-bond acceptors (Lipinski definition) is 5. The van der Waals surface area contributed by atoms with Gasteiger partial charge in [-0.2, -0.15) is 9.78 Å². The van der Waals surface area contributed by atoms with Crippen molar-refractivity contribution in [2.45, 2.75) is 65.5 Å². The molecule has 2 N–H and O–H groups in total. The molecular formula is C36H43N5O3. The number of nitrogen functional groups attached to an aromatic ring is 1. The number of benzene rings is 3. The number of aromatic nitrogens is 2. The SMILES string of the molecule is CCCCN(CCCC)C(=O)c1cc(OC)n(-c2ccc(-c3ccccc3N)cc2C(=O)N2Cc3ccccc3CC2C)n1. The van der Waals surface area contributed by atoms with Crippen molar-refractivity contribution in [3.8, 4) is 22.7 Å². The number of ether oxygens (including phenoxy) is 1. The van der Waals surface area contributed by atoms with Crippen LogP contribution in [0, 0.1) is 0 Å². The third kappa shape index (κ3) is 6.34. The molecule has 0 fully saturated rings. The van der Waals surface area contributed by atoms with Gasteiger partial charge in [0.05, 0.1) is 18.4 Å². The van der Waals surface area contributed by atoms with E-state index in [1.54, 1.807) is 17.9 Å². The first kappa shape index (κ1) is 30.9. The zero-order valence-corrected chi connectivity index (χ0v) is 26.3. The second-order valence-corrected chi connectivity index (χ2v) is 11.6. The molecule has 230 valence electrons. The highest BCUT2D eigenvalue weighted by molar-refractivity contribution is 6.00. The van der Waals surface area contributed by atoms with Crippen LogP contribution in [0.25, 0.3) is 16.8 Å². The molecule has 1 aliphatic rings. The first-order valence-electron chi connectivity index (χ1n) is 15.7. The number of rotatable bonds is 11. The minimum atomic E-state index is -0.133. The Morgan fingerprint density at radius 3 is 2.32 bits per heavy atom. The van der Waals surface area contributed by atoms with Gasteiger partial charge in [0.25, 0.3) is 11.8 Å². The molecule has 1 aliphatic heterocycles. The van der Waals surface area contributed by atoms with Crippen LogP contribution in [0.1, 0.15) is 78.4 Å². The van der Waals surface area contributed by atoms with Crippen molar-refractivity contribution in [3.63, 3.8) is 0 Å². The van der Waals surface area contributed by atoms with Crippen LogP contribution in [0.5, 0.6) is 5.88 Å². The Balaban J connectivity index is 1.59. The summed E-state index contributed by atoms with van der Waals surface area (Å²) in [5.74, 6) is 0.139. The molecule has 0 aliphatic carbocycles. The summed E-state index contributed by atoms with van der Waals surface area (Å²) in [7, 11) is 1.55. The smallest absolute Gasteiger partial charge is 0.274 e. The second-order valence-electron chi connectivity index (χ2n) is 11.6. The Morgan fingerprint density at radius 2 is 1.64 bits per heavy atom. The molecule has 0 saturated carbocycles. The molecule has 3 aromatic carbocycles. The highest BCUT2D eigenvalue weighted by Gasteiger charge is 2.31. The van der Waals surface area contributed by atoms with Gasteiger partial charge >= 0.3 is 0 Å².